The highest BCUT2D eigenvalue weighted by atomic mass is 19.1. The summed E-state index contributed by atoms with van der Waals surface area (Å²) in [6, 6.07) is 9.81. The lowest BCUT2D eigenvalue weighted by Crippen LogP contribution is -2.42. The highest BCUT2D eigenvalue weighted by Gasteiger charge is 2.21. The van der Waals surface area contributed by atoms with E-state index in [4.69, 9.17) is 11.1 Å². The smallest absolute Gasteiger partial charge is 0.267 e. The fraction of sp³-hybridized carbons (Fsp3) is 0. The predicted molar refractivity (Wildman–Crippen MR) is 70.0 cm³/mol. The first-order valence-corrected chi connectivity index (χ1v) is 5.78. The predicted octanol–water partition coefficient (Wildman–Crippen LogP) is 1.25. The number of rotatable bonds is 2. The van der Waals surface area contributed by atoms with Crippen LogP contribution in [0.3, 0.4) is 0 Å². The van der Waals surface area contributed by atoms with Gasteiger partial charge in [0.25, 0.3) is 11.8 Å². The van der Waals surface area contributed by atoms with Crippen molar-refractivity contribution >= 4 is 11.8 Å². The maximum atomic E-state index is 12.7. The summed E-state index contributed by atoms with van der Waals surface area (Å²) in [5, 5.41) is 9.17. The second kappa shape index (κ2) is 5.90. The van der Waals surface area contributed by atoms with Crippen molar-refractivity contribution in [3.8, 4) is 6.07 Å². The minimum Gasteiger partial charge on any atom is -0.267 e. The third-order valence-corrected chi connectivity index (χ3v) is 2.65. The third-order valence-electron chi connectivity index (χ3n) is 2.65. The van der Waals surface area contributed by atoms with Crippen LogP contribution in [0.2, 0.25) is 0 Å². The number of carbonyl (C=O) groups is 2. The van der Waals surface area contributed by atoms with Gasteiger partial charge in [0.15, 0.2) is 0 Å². The number of hydrogen-bond donors (Lipinski definition) is 1. The van der Waals surface area contributed by atoms with E-state index >= 15 is 0 Å². The summed E-state index contributed by atoms with van der Waals surface area (Å²) in [7, 11) is 0. The van der Waals surface area contributed by atoms with Crippen molar-refractivity contribution in [2.45, 2.75) is 0 Å². The molecule has 0 atom stereocenters. The van der Waals surface area contributed by atoms with Crippen LogP contribution in [0.25, 0.3) is 0 Å². The number of halogens is 1. The number of nitrogens with two attached hydrogens (primary N) is 1. The zero-order chi connectivity index (χ0) is 15.4. The number of nitrogens with zero attached hydrogens (tertiary/aromatic N) is 3. The Morgan fingerprint density at radius 1 is 1.19 bits per heavy atom. The summed E-state index contributed by atoms with van der Waals surface area (Å²) in [6.45, 7) is 0. The molecule has 7 heteroatoms. The second-order valence-corrected chi connectivity index (χ2v) is 4.04. The van der Waals surface area contributed by atoms with Crippen LogP contribution in [0.15, 0.2) is 42.6 Å². The Labute approximate surface area is 119 Å². The lowest BCUT2D eigenvalue weighted by atomic mass is 10.1. The van der Waals surface area contributed by atoms with Crippen molar-refractivity contribution in [1.29, 1.82) is 5.26 Å². The molecule has 1 aromatic carbocycles. The summed E-state index contributed by atoms with van der Waals surface area (Å²) >= 11 is 0. The van der Waals surface area contributed by atoms with Crippen molar-refractivity contribution in [3.63, 3.8) is 0 Å². The standard InChI is InChI=1S/C14H9FN4O2/c15-12-5-4-11(8-18-12)14(21)19(17)13(20)10-3-1-2-9(6-10)7-16/h1-6,8H,17H2. The van der Waals surface area contributed by atoms with Crippen molar-refractivity contribution in [3.05, 3.63) is 65.2 Å². The highest BCUT2D eigenvalue weighted by Crippen LogP contribution is 2.09. The maximum Gasteiger partial charge on any atom is 0.276 e. The summed E-state index contributed by atoms with van der Waals surface area (Å²) in [5.41, 5.74) is 0.341. The lowest BCUT2D eigenvalue weighted by molar-refractivity contribution is 0.0615. The van der Waals surface area contributed by atoms with E-state index in [1.807, 2.05) is 6.07 Å². The molecule has 0 unspecified atom stereocenters. The topological polar surface area (TPSA) is 100 Å². The molecule has 2 rings (SSSR count). The van der Waals surface area contributed by atoms with Crippen molar-refractivity contribution in [2.24, 2.45) is 5.84 Å². The minimum atomic E-state index is -0.824. The number of amides is 2. The number of imide groups is 1. The maximum absolute atomic E-state index is 12.7. The van der Waals surface area contributed by atoms with Crippen LogP contribution in [0.5, 0.6) is 0 Å². The quantitative estimate of drug-likeness (QED) is 0.294. The minimum absolute atomic E-state index is 0.0244. The average molecular weight is 284 g/mol. The molecule has 0 aliphatic carbocycles. The van der Waals surface area contributed by atoms with E-state index < -0.39 is 17.8 Å². The SMILES string of the molecule is N#Cc1cccc(C(=O)N(N)C(=O)c2ccc(F)nc2)c1. The molecule has 0 bridgehead atoms. The molecular formula is C14H9FN4O2. The highest BCUT2D eigenvalue weighted by molar-refractivity contribution is 6.09. The number of benzene rings is 1. The average Bonchev–Trinajstić information content (AvgIpc) is 2.53. The van der Waals surface area contributed by atoms with Gasteiger partial charge < -0.3 is 0 Å². The summed E-state index contributed by atoms with van der Waals surface area (Å²) in [5.74, 6) is 3.14. The number of carbonyl (C=O) groups excluding carboxylic acids is 2. The zero-order valence-electron chi connectivity index (χ0n) is 10.7. The number of aromatic nitrogens is 1. The monoisotopic (exact) mass is 284 g/mol. The molecule has 0 saturated carbocycles. The van der Waals surface area contributed by atoms with E-state index in [9.17, 15) is 14.0 Å². The van der Waals surface area contributed by atoms with Crippen LogP contribution >= 0.6 is 0 Å². The van der Waals surface area contributed by atoms with Gasteiger partial charge in [-0.05, 0) is 30.3 Å². The first kappa shape index (κ1) is 14.3. The van der Waals surface area contributed by atoms with Gasteiger partial charge in [-0.15, -0.1) is 0 Å². The van der Waals surface area contributed by atoms with Crippen molar-refractivity contribution in [2.75, 3.05) is 0 Å². The molecule has 2 N–H and O–H groups in total. The van der Waals surface area contributed by atoms with Gasteiger partial charge >= 0.3 is 0 Å². The molecule has 0 saturated heterocycles. The summed E-state index contributed by atoms with van der Waals surface area (Å²) in [6.07, 6.45) is 0.983. The third kappa shape index (κ3) is 3.08. The molecule has 0 radical (unpaired) electrons. The molecule has 104 valence electrons. The van der Waals surface area contributed by atoms with Crippen LogP contribution in [0.1, 0.15) is 26.3 Å². The van der Waals surface area contributed by atoms with Crippen LogP contribution < -0.4 is 5.84 Å². The Morgan fingerprint density at radius 2 is 1.90 bits per heavy atom. The summed E-state index contributed by atoms with van der Waals surface area (Å²) < 4.78 is 12.7. The van der Waals surface area contributed by atoms with E-state index in [-0.39, 0.29) is 16.7 Å². The molecule has 0 aliphatic heterocycles. The molecule has 21 heavy (non-hydrogen) atoms. The van der Waals surface area contributed by atoms with Gasteiger partial charge in [-0.3, -0.25) is 9.59 Å². The van der Waals surface area contributed by atoms with Crippen LogP contribution in [0, 0.1) is 17.3 Å². The first-order chi connectivity index (χ1) is 10.0. The molecule has 6 nitrogen and oxygen atoms in total. The second-order valence-electron chi connectivity index (χ2n) is 4.04. The Kier molecular flexibility index (Phi) is 4.02. The largest absolute Gasteiger partial charge is 0.276 e. The molecule has 2 amide bonds. The van der Waals surface area contributed by atoms with E-state index in [1.54, 1.807) is 0 Å². The normalized spacial score (nSPS) is 9.76. The van der Waals surface area contributed by atoms with Gasteiger partial charge in [-0.2, -0.15) is 9.65 Å². The van der Waals surface area contributed by atoms with Crippen molar-refractivity contribution < 1.29 is 14.0 Å². The fourth-order valence-electron chi connectivity index (χ4n) is 1.59. The molecule has 0 aliphatic rings. The molecule has 1 aromatic heterocycles. The van der Waals surface area contributed by atoms with Gasteiger partial charge in [0.2, 0.25) is 5.95 Å². The van der Waals surface area contributed by atoms with Gasteiger partial charge in [-0.25, -0.2) is 15.8 Å². The Bertz CT molecular complexity index is 737. The lowest BCUT2D eigenvalue weighted by Gasteiger charge is -2.14. The Hall–Kier alpha value is -3.11. The van der Waals surface area contributed by atoms with Crippen LogP contribution in [-0.4, -0.2) is 21.8 Å². The van der Waals surface area contributed by atoms with E-state index in [0.29, 0.717) is 5.01 Å². The zero-order valence-corrected chi connectivity index (χ0v) is 10.7. The van der Waals surface area contributed by atoms with Crippen LogP contribution in [0.4, 0.5) is 4.39 Å². The van der Waals surface area contributed by atoms with Gasteiger partial charge in [0, 0.05) is 11.8 Å². The number of nitriles is 1. The number of hydrogen-bond acceptors (Lipinski definition) is 5. The molecule has 0 spiro atoms. The number of pyridine rings is 1. The number of hydrazine groups is 1. The Morgan fingerprint density at radius 3 is 2.52 bits per heavy atom. The molecule has 1 heterocycles. The van der Waals surface area contributed by atoms with Gasteiger partial charge in [0.05, 0.1) is 17.2 Å². The van der Waals surface area contributed by atoms with E-state index in [2.05, 4.69) is 4.98 Å². The molecule has 0 fully saturated rings. The van der Waals surface area contributed by atoms with E-state index in [1.165, 1.54) is 30.3 Å². The molecule has 2 aromatic rings. The van der Waals surface area contributed by atoms with Crippen LogP contribution in [-0.2, 0) is 0 Å². The molecular weight excluding hydrogens is 275 g/mol. The van der Waals surface area contributed by atoms with Gasteiger partial charge in [-0.1, -0.05) is 6.07 Å². The van der Waals surface area contributed by atoms with E-state index in [0.717, 1.165) is 12.3 Å². The first-order valence-electron chi connectivity index (χ1n) is 5.78. The fourth-order valence-corrected chi connectivity index (χ4v) is 1.59. The van der Waals surface area contributed by atoms with Gasteiger partial charge in [0.1, 0.15) is 0 Å². The van der Waals surface area contributed by atoms with Crippen molar-refractivity contribution in [1.82, 2.24) is 9.99 Å². The summed E-state index contributed by atoms with van der Waals surface area (Å²) in [4.78, 5) is 27.4. The Balaban J connectivity index is 2.24.